The summed E-state index contributed by atoms with van der Waals surface area (Å²) in [4.78, 5) is 22.0. The van der Waals surface area contributed by atoms with Crippen LogP contribution in [-0.2, 0) is 20.7 Å². The molecule has 1 aromatic carbocycles. The number of anilines is 1. The van der Waals surface area contributed by atoms with Crippen molar-refractivity contribution in [1.82, 2.24) is 0 Å². The van der Waals surface area contributed by atoms with Crippen LogP contribution >= 0.6 is 0 Å². The number of primary amides is 1. The van der Waals surface area contributed by atoms with E-state index in [0.717, 1.165) is 5.56 Å². The van der Waals surface area contributed by atoms with Crippen LogP contribution in [0.4, 0.5) is 5.69 Å². The van der Waals surface area contributed by atoms with Gasteiger partial charge >= 0.3 is 5.97 Å². The molecule has 1 unspecified atom stereocenters. The Morgan fingerprint density at radius 3 is 2.71 bits per heavy atom. The first-order valence-corrected chi connectivity index (χ1v) is 5.32. The minimum Gasteiger partial charge on any atom is -0.453 e. The molecule has 1 atom stereocenters. The summed E-state index contributed by atoms with van der Waals surface area (Å²) < 4.78 is 4.82. The molecule has 0 aromatic heterocycles. The van der Waals surface area contributed by atoms with E-state index >= 15 is 0 Å². The zero-order valence-electron chi connectivity index (χ0n) is 9.68. The number of carbonyl (C=O) groups is 2. The standard InChI is InChI=1S/C12H16N2O3/c1-8(12(14)16)17-11(15)6-5-9-3-2-4-10(13)7-9/h2-4,7-8H,5-6,13H2,1H3,(H2,14,16). The van der Waals surface area contributed by atoms with Gasteiger partial charge in [-0.3, -0.25) is 9.59 Å². The lowest BCUT2D eigenvalue weighted by Crippen LogP contribution is -2.30. The molecule has 1 amide bonds. The molecule has 0 heterocycles. The van der Waals surface area contributed by atoms with Gasteiger partial charge in [0.1, 0.15) is 0 Å². The lowest BCUT2D eigenvalue weighted by molar-refractivity contribution is -0.153. The van der Waals surface area contributed by atoms with E-state index in [-0.39, 0.29) is 6.42 Å². The molecule has 0 aliphatic rings. The Kier molecular flexibility index (Phi) is 4.51. The summed E-state index contributed by atoms with van der Waals surface area (Å²) in [5, 5.41) is 0. The fourth-order valence-electron chi connectivity index (χ4n) is 1.31. The van der Waals surface area contributed by atoms with Crippen molar-refractivity contribution >= 4 is 17.6 Å². The Balaban J connectivity index is 2.41. The molecule has 4 N–H and O–H groups in total. The third-order valence-electron chi connectivity index (χ3n) is 2.28. The van der Waals surface area contributed by atoms with Crippen molar-refractivity contribution in [3.8, 4) is 0 Å². The van der Waals surface area contributed by atoms with Crippen molar-refractivity contribution < 1.29 is 14.3 Å². The second-order valence-electron chi connectivity index (χ2n) is 3.78. The number of esters is 1. The van der Waals surface area contributed by atoms with Gasteiger partial charge in [-0.25, -0.2) is 0 Å². The highest BCUT2D eigenvalue weighted by Crippen LogP contribution is 2.09. The molecule has 5 nitrogen and oxygen atoms in total. The Morgan fingerprint density at radius 2 is 2.12 bits per heavy atom. The number of hydrogen-bond acceptors (Lipinski definition) is 4. The first-order valence-electron chi connectivity index (χ1n) is 5.32. The van der Waals surface area contributed by atoms with Crippen LogP contribution in [0.5, 0.6) is 0 Å². The van der Waals surface area contributed by atoms with E-state index in [1.54, 1.807) is 12.1 Å². The molecular weight excluding hydrogens is 220 g/mol. The van der Waals surface area contributed by atoms with Crippen LogP contribution in [0, 0.1) is 0 Å². The predicted octanol–water partition coefficient (Wildman–Crippen LogP) is 0.618. The lowest BCUT2D eigenvalue weighted by Gasteiger charge is -2.09. The maximum atomic E-state index is 11.4. The molecule has 0 fully saturated rings. The molecule has 92 valence electrons. The highest BCUT2D eigenvalue weighted by molar-refractivity contribution is 5.81. The number of benzene rings is 1. The largest absolute Gasteiger partial charge is 0.453 e. The number of hydrogen-bond donors (Lipinski definition) is 2. The van der Waals surface area contributed by atoms with Crippen LogP contribution < -0.4 is 11.5 Å². The van der Waals surface area contributed by atoms with Crippen molar-refractivity contribution in [2.75, 3.05) is 5.73 Å². The van der Waals surface area contributed by atoms with Gasteiger partial charge in [0, 0.05) is 12.1 Å². The normalized spacial score (nSPS) is 11.8. The van der Waals surface area contributed by atoms with Gasteiger partial charge in [0.25, 0.3) is 5.91 Å². The van der Waals surface area contributed by atoms with Crippen LogP contribution in [-0.4, -0.2) is 18.0 Å². The SMILES string of the molecule is CC(OC(=O)CCc1cccc(N)c1)C(N)=O. The zero-order valence-corrected chi connectivity index (χ0v) is 9.68. The van der Waals surface area contributed by atoms with Gasteiger partial charge in [0.15, 0.2) is 6.10 Å². The Morgan fingerprint density at radius 1 is 1.41 bits per heavy atom. The highest BCUT2D eigenvalue weighted by atomic mass is 16.5. The lowest BCUT2D eigenvalue weighted by atomic mass is 10.1. The number of ether oxygens (including phenoxy) is 1. The number of amides is 1. The number of carbonyl (C=O) groups excluding carboxylic acids is 2. The van der Waals surface area contributed by atoms with Crippen LogP contribution in [0.2, 0.25) is 0 Å². The van der Waals surface area contributed by atoms with Crippen molar-refractivity contribution in [2.45, 2.75) is 25.9 Å². The molecule has 1 aromatic rings. The van der Waals surface area contributed by atoms with E-state index < -0.39 is 18.0 Å². The van der Waals surface area contributed by atoms with E-state index in [2.05, 4.69) is 0 Å². The summed E-state index contributed by atoms with van der Waals surface area (Å²) in [5.41, 5.74) is 12.2. The van der Waals surface area contributed by atoms with Crippen LogP contribution in [0.15, 0.2) is 24.3 Å². The van der Waals surface area contributed by atoms with Gasteiger partial charge in [-0.1, -0.05) is 12.1 Å². The molecule has 0 saturated heterocycles. The van der Waals surface area contributed by atoms with Gasteiger partial charge < -0.3 is 16.2 Å². The maximum absolute atomic E-state index is 11.4. The quantitative estimate of drug-likeness (QED) is 0.578. The van der Waals surface area contributed by atoms with Crippen molar-refractivity contribution in [1.29, 1.82) is 0 Å². The fraction of sp³-hybridized carbons (Fsp3) is 0.333. The van der Waals surface area contributed by atoms with Gasteiger partial charge in [-0.15, -0.1) is 0 Å². The Labute approximate surface area is 99.7 Å². The summed E-state index contributed by atoms with van der Waals surface area (Å²) in [7, 11) is 0. The Hall–Kier alpha value is -2.04. The van der Waals surface area contributed by atoms with Gasteiger partial charge in [0.2, 0.25) is 0 Å². The van der Waals surface area contributed by atoms with Gasteiger partial charge in [0.05, 0.1) is 0 Å². The maximum Gasteiger partial charge on any atom is 0.306 e. The number of nitrogen functional groups attached to an aromatic ring is 1. The van der Waals surface area contributed by atoms with Crippen LogP contribution in [0.3, 0.4) is 0 Å². The van der Waals surface area contributed by atoms with Crippen LogP contribution in [0.25, 0.3) is 0 Å². The fourth-order valence-corrected chi connectivity index (χ4v) is 1.31. The molecule has 0 saturated carbocycles. The molecule has 0 aliphatic heterocycles. The van der Waals surface area contributed by atoms with Crippen molar-refractivity contribution in [3.63, 3.8) is 0 Å². The molecule has 0 aliphatic carbocycles. The molecule has 17 heavy (non-hydrogen) atoms. The molecular formula is C12H16N2O3. The summed E-state index contributed by atoms with van der Waals surface area (Å²) in [6, 6.07) is 7.27. The third kappa shape index (κ3) is 4.55. The molecule has 0 bridgehead atoms. The van der Waals surface area contributed by atoms with Gasteiger partial charge in [-0.05, 0) is 31.0 Å². The topological polar surface area (TPSA) is 95.4 Å². The molecule has 1 rings (SSSR count). The summed E-state index contributed by atoms with van der Waals surface area (Å²) in [6.07, 6.45) is -0.167. The van der Waals surface area contributed by atoms with Crippen LogP contribution in [0.1, 0.15) is 18.9 Å². The van der Waals surface area contributed by atoms with E-state index in [4.69, 9.17) is 16.2 Å². The summed E-state index contributed by atoms with van der Waals surface area (Å²) in [5.74, 6) is -1.10. The minimum absolute atomic E-state index is 0.196. The van der Waals surface area contributed by atoms with E-state index in [0.29, 0.717) is 12.1 Å². The average molecular weight is 236 g/mol. The van der Waals surface area contributed by atoms with E-state index in [1.165, 1.54) is 6.92 Å². The van der Waals surface area contributed by atoms with E-state index in [9.17, 15) is 9.59 Å². The van der Waals surface area contributed by atoms with Gasteiger partial charge in [-0.2, -0.15) is 0 Å². The number of nitrogens with two attached hydrogens (primary N) is 2. The first kappa shape index (κ1) is 13.0. The van der Waals surface area contributed by atoms with Crippen molar-refractivity contribution in [3.05, 3.63) is 29.8 Å². The monoisotopic (exact) mass is 236 g/mol. The van der Waals surface area contributed by atoms with Crippen molar-refractivity contribution in [2.24, 2.45) is 5.73 Å². The smallest absolute Gasteiger partial charge is 0.306 e. The Bertz CT molecular complexity index is 418. The van der Waals surface area contributed by atoms with E-state index in [1.807, 2.05) is 12.1 Å². The molecule has 5 heteroatoms. The average Bonchev–Trinajstić information content (AvgIpc) is 2.26. The molecule has 0 spiro atoms. The summed E-state index contributed by atoms with van der Waals surface area (Å²) >= 11 is 0. The zero-order chi connectivity index (χ0) is 12.8. The second kappa shape index (κ2) is 5.89. The number of rotatable bonds is 5. The third-order valence-corrected chi connectivity index (χ3v) is 2.28. The second-order valence-corrected chi connectivity index (χ2v) is 3.78. The molecule has 0 radical (unpaired) electrons. The highest BCUT2D eigenvalue weighted by Gasteiger charge is 2.14. The number of aryl methyl sites for hydroxylation is 1. The minimum atomic E-state index is -0.886. The summed E-state index contributed by atoms with van der Waals surface area (Å²) in [6.45, 7) is 1.45. The predicted molar refractivity (Wildman–Crippen MR) is 63.9 cm³/mol. The first-order chi connectivity index (χ1) is 7.99.